The van der Waals surface area contributed by atoms with E-state index in [1.54, 1.807) is 10.9 Å². The minimum atomic E-state index is -0.190. The Hall–Kier alpha value is -2.21. The normalized spacial score (nSPS) is 17.0. The van der Waals surface area contributed by atoms with Crippen LogP contribution >= 0.6 is 0 Å². The van der Waals surface area contributed by atoms with E-state index in [0.717, 1.165) is 44.8 Å². The van der Waals surface area contributed by atoms with Crippen LogP contribution in [0.15, 0.2) is 36.8 Å². The van der Waals surface area contributed by atoms with Crippen LogP contribution in [-0.2, 0) is 11.3 Å². The van der Waals surface area contributed by atoms with Crippen LogP contribution in [-0.4, -0.2) is 56.7 Å². The number of aromatic nitrogens is 3. The van der Waals surface area contributed by atoms with Crippen molar-refractivity contribution in [1.29, 1.82) is 0 Å². The van der Waals surface area contributed by atoms with E-state index >= 15 is 0 Å². The first-order valence-corrected chi connectivity index (χ1v) is 8.59. The molecule has 1 fully saturated rings. The highest BCUT2D eigenvalue weighted by Crippen LogP contribution is 2.16. The number of rotatable bonds is 5. The molecule has 0 radical (unpaired) electrons. The second-order valence-corrected chi connectivity index (χ2v) is 6.28. The van der Waals surface area contributed by atoms with Crippen molar-refractivity contribution in [3.05, 3.63) is 48.0 Å². The summed E-state index contributed by atoms with van der Waals surface area (Å²) >= 11 is 0. The monoisotopic (exact) mass is 327 g/mol. The van der Waals surface area contributed by atoms with E-state index in [1.165, 1.54) is 5.56 Å². The molecule has 24 heavy (non-hydrogen) atoms. The number of pyridine rings is 1. The van der Waals surface area contributed by atoms with Gasteiger partial charge in [-0.1, -0.05) is 13.0 Å². The molecule has 1 aliphatic heterocycles. The third-order valence-corrected chi connectivity index (χ3v) is 4.69. The van der Waals surface area contributed by atoms with E-state index in [9.17, 15) is 4.79 Å². The van der Waals surface area contributed by atoms with Gasteiger partial charge in [0.2, 0.25) is 5.91 Å². The number of piperazine rings is 1. The molecular weight excluding hydrogens is 302 g/mol. The zero-order chi connectivity index (χ0) is 16.9. The van der Waals surface area contributed by atoms with Crippen LogP contribution in [0.3, 0.4) is 0 Å². The SMILES string of the molecule is CC[C@@H](C(=O)N1CCN(Cc2ncccc2C)CC1)n1cccn1. The Kier molecular flexibility index (Phi) is 5.25. The molecule has 3 rings (SSSR count). The van der Waals surface area contributed by atoms with E-state index in [2.05, 4.69) is 28.0 Å². The maximum atomic E-state index is 12.8. The highest BCUT2D eigenvalue weighted by Gasteiger charge is 2.27. The Morgan fingerprint density at radius 2 is 2.00 bits per heavy atom. The van der Waals surface area contributed by atoms with E-state index in [0.29, 0.717) is 0 Å². The molecular formula is C18H25N5O. The summed E-state index contributed by atoms with van der Waals surface area (Å²) in [7, 11) is 0. The van der Waals surface area contributed by atoms with E-state index in [1.807, 2.05) is 36.4 Å². The molecule has 0 aromatic carbocycles. The first kappa shape index (κ1) is 16.6. The number of carbonyl (C=O) groups excluding carboxylic acids is 1. The number of aryl methyl sites for hydroxylation is 1. The lowest BCUT2D eigenvalue weighted by molar-refractivity contribution is -0.137. The van der Waals surface area contributed by atoms with E-state index < -0.39 is 0 Å². The third kappa shape index (κ3) is 3.64. The average molecular weight is 327 g/mol. The van der Waals surface area contributed by atoms with Gasteiger partial charge in [-0.25, -0.2) is 0 Å². The Morgan fingerprint density at radius 1 is 1.21 bits per heavy atom. The summed E-state index contributed by atoms with van der Waals surface area (Å²) in [6, 6.07) is 5.74. The molecule has 1 aliphatic rings. The van der Waals surface area contributed by atoms with Gasteiger partial charge in [-0.05, 0) is 31.0 Å². The fourth-order valence-corrected chi connectivity index (χ4v) is 3.17. The van der Waals surface area contributed by atoms with Crippen LogP contribution in [0.5, 0.6) is 0 Å². The molecule has 0 saturated carbocycles. The van der Waals surface area contributed by atoms with Crippen molar-refractivity contribution >= 4 is 5.91 Å². The average Bonchev–Trinajstić information content (AvgIpc) is 3.12. The van der Waals surface area contributed by atoms with Crippen LogP contribution in [0.2, 0.25) is 0 Å². The molecule has 2 aromatic rings. The second-order valence-electron chi connectivity index (χ2n) is 6.28. The molecule has 0 N–H and O–H groups in total. The Balaban J connectivity index is 1.56. The van der Waals surface area contributed by atoms with Crippen molar-refractivity contribution in [1.82, 2.24) is 24.6 Å². The molecule has 0 aliphatic carbocycles. The molecule has 1 amide bonds. The van der Waals surface area contributed by atoms with Crippen molar-refractivity contribution in [2.75, 3.05) is 26.2 Å². The van der Waals surface area contributed by atoms with Gasteiger partial charge in [0.15, 0.2) is 0 Å². The lowest BCUT2D eigenvalue weighted by Crippen LogP contribution is -2.50. The van der Waals surface area contributed by atoms with Gasteiger partial charge in [-0.3, -0.25) is 19.4 Å². The Labute approximate surface area is 143 Å². The minimum Gasteiger partial charge on any atom is -0.338 e. The summed E-state index contributed by atoms with van der Waals surface area (Å²) < 4.78 is 1.77. The fraction of sp³-hybridized carbons (Fsp3) is 0.500. The quantitative estimate of drug-likeness (QED) is 0.841. The molecule has 128 valence electrons. The van der Waals surface area contributed by atoms with Gasteiger partial charge in [-0.15, -0.1) is 0 Å². The molecule has 1 atom stereocenters. The van der Waals surface area contributed by atoms with Crippen LogP contribution < -0.4 is 0 Å². The van der Waals surface area contributed by atoms with Gasteiger partial charge >= 0.3 is 0 Å². The maximum Gasteiger partial charge on any atom is 0.247 e. The summed E-state index contributed by atoms with van der Waals surface area (Å²) in [5, 5.41) is 4.23. The number of hydrogen-bond acceptors (Lipinski definition) is 4. The number of amides is 1. The van der Waals surface area contributed by atoms with Crippen LogP contribution in [0.25, 0.3) is 0 Å². The van der Waals surface area contributed by atoms with Crippen molar-refractivity contribution in [3.8, 4) is 0 Å². The van der Waals surface area contributed by atoms with E-state index in [4.69, 9.17) is 0 Å². The first-order chi connectivity index (χ1) is 11.7. The molecule has 6 nitrogen and oxygen atoms in total. The Morgan fingerprint density at radius 3 is 2.62 bits per heavy atom. The first-order valence-electron chi connectivity index (χ1n) is 8.59. The van der Waals surface area contributed by atoms with E-state index in [-0.39, 0.29) is 11.9 Å². The molecule has 0 unspecified atom stereocenters. The number of nitrogens with zero attached hydrogens (tertiary/aromatic N) is 5. The zero-order valence-electron chi connectivity index (χ0n) is 14.4. The topological polar surface area (TPSA) is 54.3 Å². The van der Waals surface area contributed by atoms with Crippen molar-refractivity contribution in [3.63, 3.8) is 0 Å². The smallest absolute Gasteiger partial charge is 0.247 e. The largest absolute Gasteiger partial charge is 0.338 e. The van der Waals surface area contributed by atoms with Crippen molar-refractivity contribution in [2.24, 2.45) is 0 Å². The minimum absolute atomic E-state index is 0.176. The predicted molar refractivity (Wildman–Crippen MR) is 92.4 cm³/mol. The summed E-state index contributed by atoms with van der Waals surface area (Å²) in [5.41, 5.74) is 2.35. The molecule has 6 heteroatoms. The summed E-state index contributed by atoms with van der Waals surface area (Å²) in [4.78, 5) is 21.6. The van der Waals surface area contributed by atoms with Crippen molar-refractivity contribution in [2.45, 2.75) is 32.9 Å². The summed E-state index contributed by atoms with van der Waals surface area (Å²) in [6.07, 6.45) is 6.20. The van der Waals surface area contributed by atoms with Gasteiger partial charge in [0.05, 0.1) is 5.69 Å². The van der Waals surface area contributed by atoms with Gasteiger partial charge in [0, 0.05) is 51.3 Å². The highest BCUT2D eigenvalue weighted by atomic mass is 16.2. The fourth-order valence-electron chi connectivity index (χ4n) is 3.17. The highest BCUT2D eigenvalue weighted by molar-refractivity contribution is 5.80. The van der Waals surface area contributed by atoms with Gasteiger partial charge in [0.25, 0.3) is 0 Å². The third-order valence-electron chi connectivity index (χ3n) is 4.69. The molecule has 2 aromatic heterocycles. The summed E-state index contributed by atoms with van der Waals surface area (Å²) in [5.74, 6) is 0.176. The standard InChI is InChI=1S/C18H25N5O/c1-3-17(23-9-5-8-20-23)18(24)22-12-10-21(11-13-22)14-16-15(2)6-4-7-19-16/h4-9,17H,3,10-14H2,1-2H3/t17-/m0/s1. The zero-order valence-corrected chi connectivity index (χ0v) is 14.4. The van der Waals surface area contributed by atoms with Crippen LogP contribution in [0.1, 0.15) is 30.6 Å². The number of hydrogen-bond donors (Lipinski definition) is 0. The van der Waals surface area contributed by atoms with Crippen molar-refractivity contribution < 1.29 is 4.79 Å². The summed E-state index contributed by atoms with van der Waals surface area (Å²) in [6.45, 7) is 8.28. The lowest BCUT2D eigenvalue weighted by Gasteiger charge is -2.36. The molecule has 0 bridgehead atoms. The Bertz CT molecular complexity index is 662. The van der Waals surface area contributed by atoms with Crippen LogP contribution in [0.4, 0.5) is 0 Å². The van der Waals surface area contributed by atoms with Gasteiger partial charge < -0.3 is 4.90 Å². The number of carbonyl (C=O) groups is 1. The van der Waals surface area contributed by atoms with Crippen LogP contribution in [0, 0.1) is 6.92 Å². The predicted octanol–water partition coefficient (Wildman–Crippen LogP) is 1.88. The molecule has 1 saturated heterocycles. The molecule has 0 spiro atoms. The van der Waals surface area contributed by atoms with Gasteiger partial charge in [0.1, 0.15) is 6.04 Å². The molecule has 3 heterocycles. The maximum absolute atomic E-state index is 12.8. The van der Waals surface area contributed by atoms with Gasteiger partial charge in [-0.2, -0.15) is 5.10 Å². The second kappa shape index (κ2) is 7.57. The lowest BCUT2D eigenvalue weighted by atomic mass is 10.1.